The third-order valence-electron chi connectivity index (χ3n) is 1.21. The van der Waals surface area contributed by atoms with Gasteiger partial charge in [0.1, 0.15) is 0 Å². The third-order valence-corrected chi connectivity index (χ3v) is 2.02. The Morgan fingerprint density at radius 1 is 1.33 bits per heavy atom. The topological polar surface area (TPSA) is 18.5 Å². The van der Waals surface area contributed by atoms with Crippen LogP contribution in [0.3, 0.4) is 0 Å². The van der Waals surface area contributed by atoms with Crippen LogP contribution in [0.4, 0.5) is 0 Å². The quantitative estimate of drug-likeness (QED) is 0.487. The predicted molar refractivity (Wildman–Crippen MR) is 54.4 cm³/mol. The van der Waals surface area contributed by atoms with Gasteiger partial charge in [-0.3, -0.25) is 0 Å². The van der Waals surface area contributed by atoms with Gasteiger partial charge in [0.15, 0.2) is 0 Å². The first-order chi connectivity index (χ1) is 5.49. The van der Waals surface area contributed by atoms with E-state index in [-0.39, 0.29) is 0 Å². The summed E-state index contributed by atoms with van der Waals surface area (Å²) in [5.74, 6) is 0.691. The first-order valence-electron chi connectivity index (χ1n) is 4.42. The molecule has 0 spiro atoms. The number of hydrogen-bond acceptors (Lipinski definition) is 2. The van der Waals surface area contributed by atoms with Crippen LogP contribution in [0.1, 0.15) is 19.8 Å². The Hall–Kier alpha value is -0.443. The first-order valence-corrected chi connectivity index (χ1v) is 7.83. The molecule has 0 N–H and O–H groups in total. The molecule has 0 aliphatic carbocycles. The Morgan fingerprint density at radius 2 is 1.92 bits per heavy atom. The molecular formula is C9H20O2Si. The van der Waals surface area contributed by atoms with Gasteiger partial charge >= 0.3 is 0 Å². The maximum Gasteiger partial charge on any atom is 0.260 e. The number of ether oxygens (including phenoxy) is 1. The maximum atomic E-state index is 5.67. The molecule has 0 aromatic carbocycles. The van der Waals surface area contributed by atoms with Crippen LogP contribution in [-0.2, 0) is 9.16 Å². The standard InChI is InChI=1S/C9H20O2Si/c1-6-7-8-9(10-2)11-12(3,4)5/h8H,6-7H2,1-5H3. The van der Waals surface area contributed by atoms with E-state index in [0.29, 0.717) is 5.95 Å². The van der Waals surface area contributed by atoms with Crippen molar-refractivity contribution in [2.24, 2.45) is 0 Å². The summed E-state index contributed by atoms with van der Waals surface area (Å²) in [6, 6.07) is 0. The van der Waals surface area contributed by atoms with Gasteiger partial charge in [0.05, 0.1) is 7.11 Å². The summed E-state index contributed by atoms with van der Waals surface area (Å²) in [4.78, 5) is 0. The minimum atomic E-state index is -1.48. The molecule has 72 valence electrons. The SMILES string of the molecule is CCCC=C(OC)O[Si](C)(C)C. The number of rotatable bonds is 5. The second kappa shape index (κ2) is 5.25. The van der Waals surface area contributed by atoms with E-state index in [1.165, 1.54) is 0 Å². The van der Waals surface area contributed by atoms with E-state index in [1.807, 2.05) is 6.08 Å². The molecule has 0 unspecified atom stereocenters. The van der Waals surface area contributed by atoms with Crippen LogP contribution < -0.4 is 0 Å². The summed E-state index contributed by atoms with van der Waals surface area (Å²) in [6.45, 7) is 8.57. The van der Waals surface area contributed by atoms with Gasteiger partial charge in [0, 0.05) is 0 Å². The van der Waals surface area contributed by atoms with Crippen LogP contribution >= 0.6 is 0 Å². The van der Waals surface area contributed by atoms with Gasteiger partial charge in [-0.2, -0.15) is 0 Å². The lowest BCUT2D eigenvalue weighted by Gasteiger charge is -2.20. The Labute approximate surface area is 76.7 Å². The summed E-state index contributed by atoms with van der Waals surface area (Å²) >= 11 is 0. The Balaban J connectivity index is 3.99. The molecule has 0 saturated carbocycles. The van der Waals surface area contributed by atoms with Crippen molar-refractivity contribution in [1.82, 2.24) is 0 Å². The Bertz CT molecular complexity index is 147. The average molecular weight is 188 g/mol. The number of allylic oxidation sites excluding steroid dienone is 1. The van der Waals surface area contributed by atoms with Gasteiger partial charge in [-0.15, -0.1) is 0 Å². The lowest BCUT2D eigenvalue weighted by molar-refractivity contribution is 0.145. The summed E-state index contributed by atoms with van der Waals surface area (Å²) in [5.41, 5.74) is 0. The molecule has 12 heavy (non-hydrogen) atoms. The van der Waals surface area contributed by atoms with Crippen molar-refractivity contribution in [3.05, 3.63) is 12.0 Å². The first kappa shape index (κ1) is 11.6. The fourth-order valence-corrected chi connectivity index (χ4v) is 1.50. The van der Waals surface area contributed by atoms with Crippen LogP contribution in [-0.4, -0.2) is 15.4 Å². The fourth-order valence-electron chi connectivity index (χ4n) is 0.731. The second-order valence-corrected chi connectivity index (χ2v) is 8.16. The highest BCUT2D eigenvalue weighted by atomic mass is 28.4. The predicted octanol–water partition coefficient (Wildman–Crippen LogP) is 3.13. The molecule has 0 aromatic heterocycles. The fraction of sp³-hybridized carbons (Fsp3) is 0.778. The van der Waals surface area contributed by atoms with Crippen molar-refractivity contribution >= 4 is 8.32 Å². The van der Waals surface area contributed by atoms with Crippen LogP contribution in [0, 0.1) is 0 Å². The van der Waals surface area contributed by atoms with E-state index in [9.17, 15) is 0 Å². The van der Waals surface area contributed by atoms with Gasteiger partial charge in [0.25, 0.3) is 5.95 Å². The average Bonchev–Trinajstić information content (AvgIpc) is 1.95. The maximum absolute atomic E-state index is 5.67. The molecule has 0 aliphatic heterocycles. The zero-order valence-corrected chi connectivity index (χ0v) is 9.81. The van der Waals surface area contributed by atoms with Crippen LogP contribution in [0.5, 0.6) is 0 Å². The largest absolute Gasteiger partial charge is 0.520 e. The normalized spacial score (nSPS) is 12.9. The second-order valence-electron chi connectivity index (χ2n) is 3.73. The van der Waals surface area contributed by atoms with Crippen molar-refractivity contribution in [2.45, 2.75) is 39.4 Å². The number of unbranched alkanes of at least 4 members (excludes halogenated alkanes) is 1. The van der Waals surface area contributed by atoms with Crippen LogP contribution in [0.2, 0.25) is 19.6 Å². The minimum Gasteiger partial charge on any atom is -0.520 e. The van der Waals surface area contributed by atoms with Crippen molar-refractivity contribution in [3.8, 4) is 0 Å². The minimum absolute atomic E-state index is 0.691. The summed E-state index contributed by atoms with van der Waals surface area (Å²) in [5, 5.41) is 0. The molecule has 0 heterocycles. The molecule has 0 radical (unpaired) electrons. The van der Waals surface area contributed by atoms with Crippen molar-refractivity contribution in [1.29, 1.82) is 0 Å². The van der Waals surface area contributed by atoms with Gasteiger partial charge in [-0.25, -0.2) is 0 Å². The van der Waals surface area contributed by atoms with E-state index in [2.05, 4.69) is 26.6 Å². The number of methoxy groups -OCH3 is 1. The van der Waals surface area contributed by atoms with Crippen LogP contribution in [0.15, 0.2) is 12.0 Å². The van der Waals surface area contributed by atoms with Crippen LogP contribution in [0.25, 0.3) is 0 Å². The zero-order valence-electron chi connectivity index (χ0n) is 8.81. The zero-order chi connectivity index (χ0) is 9.61. The van der Waals surface area contributed by atoms with E-state index in [4.69, 9.17) is 9.16 Å². The van der Waals surface area contributed by atoms with Gasteiger partial charge < -0.3 is 9.16 Å². The molecule has 0 atom stereocenters. The Kier molecular flexibility index (Phi) is 5.05. The molecule has 0 bridgehead atoms. The molecule has 0 aromatic rings. The van der Waals surface area contributed by atoms with Crippen molar-refractivity contribution in [3.63, 3.8) is 0 Å². The van der Waals surface area contributed by atoms with Gasteiger partial charge in [-0.1, -0.05) is 13.3 Å². The Morgan fingerprint density at radius 3 is 2.25 bits per heavy atom. The smallest absolute Gasteiger partial charge is 0.260 e. The summed E-state index contributed by atoms with van der Waals surface area (Å²) < 4.78 is 10.8. The number of hydrogen-bond donors (Lipinski definition) is 0. The van der Waals surface area contributed by atoms with E-state index >= 15 is 0 Å². The van der Waals surface area contributed by atoms with E-state index < -0.39 is 8.32 Å². The highest BCUT2D eigenvalue weighted by Gasteiger charge is 2.17. The molecule has 0 fully saturated rings. The lowest BCUT2D eigenvalue weighted by Crippen LogP contribution is -2.25. The van der Waals surface area contributed by atoms with E-state index in [1.54, 1.807) is 7.11 Å². The molecule has 0 amide bonds. The van der Waals surface area contributed by atoms with Gasteiger partial charge in [-0.05, 0) is 32.1 Å². The summed E-state index contributed by atoms with van der Waals surface area (Å²) in [7, 11) is 0.170. The molecule has 0 saturated heterocycles. The van der Waals surface area contributed by atoms with Gasteiger partial charge in [0.2, 0.25) is 8.32 Å². The van der Waals surface area contributed by atoms with E-state index in [0.717, 1.165) is 12.8 Å². The monoisotopic (exact) mass is 188 g/mol. The molecule has 0 aliphatic rings. The summed E-state index contributed by atoms with van der Waals surface area (Å²) in [6.07, 6.45) is 4.16. The molecule has 2 nitrogen and oxygen atoms in total. The third kappa shape index (κ3) is 6.28. The molecule has 3 heteroatoms. The van der Waals surface area contributed by atoms with Crippen molar-refractivity contribution < 1.29 is 9.16 Å². The lowest BCUT2D eigenvalue weighted by atomic mass is 10.3. The molecule has 0 rings (SSSR count). The highest BCUT2D eigenvalue weighted by molar-refractivity contribution is 6.69. The van der Waals surface area contributed by atoms with Crippen molar-refractivity contribution in [2.75, 3.05) is 7.11 Å². The molecular weight excluding hydrogens is 168 g/mol. The highest BCUT2D eigenvalue weighted by Crippen LogP contribution is 2.11.